The van der Waals surface area contributed by atoms with Gasteiger partial charge < -0.3 is 0 Å². The van der Waals surface area contributed by atoms with Crippen LogP contribution in [-0.4, -0.2) is 9.97 Å². The van der Waals surface area contributed by atoms with Gasteiger partial charge in [0.25, 0.3) is 0 Å². The Morgan fingerprint density at radius 3 is 2.33 bits per heavy atom. The fraction of sp³-hybridized carbons (Fsp3) is 0.0909. The maximum absolute atomic E-state index is 13.4. The molecule has 0 N–H and O–H groups in total. The Morgan fingerprint density at radius 2 is 1.72 bits per heavy atom. The van der Waals surface area contributed by atoms with Crippen LogP contribution in [0.2, 0.25) is 0 Å². The molecule has 7 heteroatoms. The Morgan fingerprint density at radius 1 is 1.00 bits per heavy atom. The van der Waals surface area contributed by atoms with Crippen molar-refractivity contribution >= 4 is 0 Å². The molecule has 2 heterocycles. The van der Waals surface area contributed by atoms with Crippen LogP contribution in [0.15, 0.2) is 30.6 Å². The smallest absolute Gasteiger partial charge is 0.252 e. The molecule has 0 atom stereocenters. The van der Waals surface area contributed by atoms with Crippen LogP contribution in [-0.2, 0) is 6.18 Å². The fourth-order valence-corrected chi connectivity index (χ4v) is 1.36. The first kappa shape index (κ1) is 12.4. The molecule has 0 aliphatic heterocycles. The summed E-state index contributed by atoms with van der Waals surface area (Å²) in [6, 6.07) is 2.37. The molecule has 0 amide bonds. The highest BCUT2D eigenvalue weighted by molar-refractivity contribution is 5.59. The van der Waals surface area contributed by atoms with Crippen molar-refractivity contribution in [3.05, 3.63) is 47.9 Å². The van der Waals surface area contributed by atoms with Crippen LogP contribution in [0.1, 0.15) is 5.69 Å². The van der Waals surface area contributed by atoms with Crippen molar-refractivity contribution in [2.75, 3.05) is 0 Å². The quantitative estimate of drug-likeness (QED) is 0.734. The Labute approximate surface area is 98.1 Å². The molecule has 0 saturated heterocycles. The van der Waals surface area contributed by atoms with E-state index in [1.807, 2.05) is 0 Å². The highest BCUT2D eigenvalue weighted by atomic mass is 19.4. The highest BCUT2D eigenvalue weighted by Gasteiger charge is 2.32. The molecule has 0 saturated carbocycles. The molecule has 0 fully saturated rings. The van der Waals surface area contributed by atoms with Gasteiger partial charge in [-0.15, -0.1) is 0 Å². The molecule has 2 nitrogen and oxygen atoms in total. The first-order valence-electron chi connectivity index (χ1n) is 4.72. The van der Waals surface area contributed by atoms with E-state index in [1.165, 1.54) is 6.07 Å². The lowest BCUT2D eigenvalue weighted by Gasteiger charge is -2.07. The molecule has 0 aliphatic carbocycles. The van der Waals surface area contributed by atoms with Gasteiger partial charge in [-0.3, -0.25) is 9.97 Å². The third-order valence-electron chi connectivity index (χ3n) is 2.13. The van der Waals surface area contributed by atoms with Crippen LogP contribution >= 0.6 is 0 Å². The second-order valence-electron chi connectivity index (χ2n) is 3.41. The van der Waals surface area contributed by atoms with Gasteiger partial charge in [0, 0.05) is 17.8 Å². The van der Waals surface area contributed by atoms with E-state index in [2.05, 4.69) is 9.97 Å². The molecule has 2 aromatic heterocycles. The van der Waals surface area contributed by atoms with Crippen molar-refractivity contribution in [1.29, 1.82) is 0 Å². The average molecular weight is 260 g/mol. The van der Waals surface area contributed by atoms with E-state index in [9.17, 15) is 22.0 Å². The number of hydrogen-bond donors (Lipinski definition) is 0. The predicted octanol–water partition coefficient (Wildman–Crippen LogP) is 3.44. The van der Waals surface area contributed by atoms with Gasteiger partial charge in [0.15, 0.2) is 5.82 Å². The van der Waals surface area contributed by atoms with Gasteiger partial charge in [0.05, 0.1) is 6.20 Å². The largest absolute Gasteiger partial charge is 0.433 e. The molecular formula is C11H5F5N2. The molecule has 2 rings (SSSR count). The second-order valence-corrected chi connectivity index (χ2v) is 3.41. The maximum Gasteiger partial charge on any atom is 0.433 e. The van der Waals surface area contributed by atoms with Crippen LogP contribution in [0.25, 0.3) is 11.3 Å². The molecule has 0 spiro atoms. The Kier molecular flexibility index (Phi) is 2.98. The molecular weight excluding hydrogens is 255 g/mol. The Balaban J connectivity index is 2.51. The molecule has 94 valence electrons. The van der Waals surface area contributed by atoms with Crippen LogP contribution in [0.5, 0.6) is 0 Å². The summed E-state index contributed by atoms with van der Waals surface area (Å²) < 4.78 is 63.2. The summed E-state index contributed by atoms with van der Waals surface area (Å²) in [4.78, 5) is 6.56. The number of halogens is 5. The van der Waals surface area contributed by atoms with E-state index in [1.54, 1.807) is 0 Å². The fourth-order valence-electron chi connectivity index (χ4n) is 1.36. The molecule has 18 heavy (non-hydrogen) atoms. The van der Waals surface area contributed by atoms with Crippen LogP contribution < -0.4 is 0 Å². The summed E-state index contributed by atoms with van der Waals surface area (Å²) in [7, 11) is 0. The van der Waals surface area contributed by atoms with Crippen molar-refractivity contribution < 1.29 is 22.0 Å². The van der Waals surface area contributed by atoms with Gasteiger partial charge in [-0.1, -0.05) is 0 Å². The number of pyridine rings is 2. The zero-order chi connectivity index (χ0) is 13.3. The molecule has 0 aliphatic rings. The zero-order valence-electron chi connectivity index (χ0n) is 8.67. The third-order valence-corrected chi connectivity index (χ3v) is 2.13. The monoisotopic (exact) mass is 260 g/mol. The minimum absolute atomic E-state index is 0.116. The maximum atomic E-state index is 13.4. The summed E-state index contributed by atoms with van der Waals surface area (Å²) >= 11 is 0. The third kappa shape index (κ3) is 2.44. The average Bonchev–Trinajstić information content (AvgIpc) is 2.28. The lowest BCUT2D eigenvalue weighted by Crippen LogP contribution is -2.07. The van der Waals surface area contributed by atoms with Gasteiger partial charge in [0.1, 0.15) is 17.2 Å². The summed E-state index contributed by atoms with van der Waals surface area (Å²) in [5, 5.41) is 0. The number of nitrogens with zero attached hydrogens (tertiary/aromatic N) is 2. The molecule has 0 unspecified atom stereocenters. The van der Waals surface area contributed by atoms with Gasteiger partial charge in [-0.2, -0.15) is 13.2 Å². The molecule has 0 aromatic carbocycles. The Bertz CT molecular complexity index is 580. The van der Waals surface area contributed by atoms with Crippen LogP contribution in [0.3, 0.4) is 0 Å². The van der Waals surface area contributed by atoms with Crippen molar-refractivity contribution in [1.82, 2.24) is 9.97 Å². The van der Waals surface area contributed by atoms with Crippen molar-refractivity contribution in [3.8, 4) is 11.3 Å². The minimum atomic E-state index is -4.63. The van der Waals surface area contributed by atoms with Gasteiger partial charge in [0.2, 0.25) is 0 Å². The first-order valence-corrected chi connectivity index (χ1v) is 4.72. The van der Waals surface area contributed by atoms with Crippen LogP contribution in [0, 0.1) is 11.6 Å². The summed E-state index contributed by atoms with van der Waals surface area (Å²) in [5.41, 5.74) is -1.63. The second kappa shape index (κ2) is 4.32. The van der Waals surface area contributed by atoms with E-state index in [4.69, 9.17) is 0 Å². The standard InChI is InChI=1S/C11H5F5N2/c12-7-4-8(13)10(18-5-7)6-1-2-17-9(3-6)11(14,15)16/h1-5H. The molecule has 0 bridgehead atoms. The number of alkyl halides is 3. The van der Waals surface area contributed by atoms with Crippen molar-refractivity contribution in [3.63, 3.8) is 0 Å². The van der Waals surface area contributed by atoms with Gasteiger partial charge >= 0.3 is 6.18 Å². The van der Waals surface area contributed by atoms with Crippen molar-refractivity contribution in [2.45, 2.75) is 6.18 Å². The Hall–Kier alpha value is -2.05. The van der Waals surface area contributed by atoms with E-state index >= 15 is 0 Å². The zero-order valence-corrected chi connectivity index (χ0v) is 8.67. The number of hydrogen-bond acceptors (Lipinski definition) is 2. The predicted molar refractivity (Wildman–Crippen MR) is 52.4 cm³/mol. The van der Waals surface area contributed by atoms with Crippen molar-refractivity contribution in [2.24, 2.45) is 0 Å². The topological polar surface area (TPSA) is 25.8 Å². The van der Waals surface area contributed by atoms with E-state index in [0.29, 0.717) is 12.1 Å². The summed E-state index contributed by atoms with van der Waals surface area (Å²) in [5.74, 6) is -1.93. The van der Waals surface area contributed by atoms with Crippen LogP contribution in [0.4, 0.5) is 22.0 Å². The minimum Gasteiger partial charge on any atom is -0.252 e. The molecule has 2 aromatic rings. The first-order chi connectivity index (χ1) is 8.38. The number of aromatic nitrogens is 2. The van der Waals surface area contributed by atoms with Gasteiger partial charge in [-0.25, -0.2) is 8.78 Å². The van der Waals surface area contributed by atoms with E-state index in [-0.39, 0.29) is 11.3 Å². The van der Waals surface area contributed by atoms with E-state index < -0.39 is 23.5 Å². The molecule has 0 radical (unpaired) electrons. The summed E-state index contributed by atoms with van der Waals surface area (Å²) in [6.45, 7) is 0. The SMILES string of the molecule is Fc1cnc(-c2ccnc(C(F)(F)F)c2)c(F)c1. The highest BCUT2D eigenvalue weighted by Crippen LogP contribution is 2.30. The normalized spacial score (nSPS) is 11.6. The van der Waals surface area contributed by atoms with E-state index in [0.717, 1.165) is 12.4 Å². The number of rotatable bonds is 1. The summed E-state index contributed by atoms with van der Waals surface area (Å²) in [6.07, 6.45) is -3.01. The lowest BCUT2D eigenvalue weighted by molar-refractivity contribution is -0.141. The van der Waals surface area contributed by atoms with Gasteiger partial charge in [-0.05, 0) is 12.1 Å². The lowest BCUT2D eigenvalue weighted by atomic mass is 10.1.